The first-order chi connectivity index (χ1) is 10.5. The lowest BCUT2D eigenvalue weighted by molar-refractivity contribution is -0.133. The van der Waals surface area contributed by atoms with Gasteiger partial charge >= 0.3 is 6.03 Å². The highest BCUT2D eigenvalue weighted by Crippen LogP contribution is 2.23. The summed E-state index contributed by atoms with van der Waals surface area (Å²) in [5.74, 6) is 0.594. The van der Waals surface area contributed by atoms with E-state index in [0.29, 0.717) is 5.92 Å². The van der Waals surface area contributed by atoms with Crippen LogP contribution in [-0.2, 0) is 4.79 Å². The van der Waals surface area contributed by atoms with E-state index in [9.17, 15) is 9.59 Å². The fourth-order valence-corrected chi connectivity index (χ4v) is 3.28. The normalized spacial score (nSPS) is 19.5. The zero-order chi connectivity index (χ0) is 16.1. The Labute approximate surface area is 139 Å². The third-order valence-electron chi connectivity index (χ3n) is 3.96. The molecule has 0 saturated carbocycles. The number of primary amides is 1. The first-order valence-electron chi connectivity index (χ1n) is 7.55. The highest BCUT2D eigenvalue weighted by atomic mass is 79.9. The van der Waals surface area contributed by atoms with Crippen molar-refractivity contribution in [2.75, 3.05) is 13.1 Å². The minimum Gasteiger partial charge on any atom is -0.352 e. The first-order valence-corrected chi connectivity index (χ1v) is 8.34. The van der Waals surface area contributed by atoms with Crippen LogP contribution in [0.3, 0.4) is 0 Å². The molecule has 1 aromatic rings. The highest BCUT2D eigenvalue weighted by molar-refractivity contribution is 9.10. The minimum absolute atomic E-state index is 0.0604. The van der Waals surface area contributed by atoms with Gasteiger partial charge in [0.25, 0.3) is 0 Å². The molecule has 1 heterocycles. The van der Waals surface area contributed by atoms with E-state index >= 15 is 0 Å². The maximum absolute atomic E-state index is 12.5. The van der Waals surface area contributed by atoms with Crippen LogP contribution in [-0.4, -0.2) is 29.9 Å². The Morgan fingerprint density at radius 1 is 1.50 bits per heavy atom. The van der Waals surface area contributed by atoms with E-state index in [1.807, 2.05) is 29.2 Å². The molecular formula is C16H22BrN3O2. The van der Waals surface area contributed by atoms with Gasteiger partial charge in [-0.25, -0.2) is 4.79 Å². The average molecular weight is 368 g/mol. The number of hydrogen-bond acceptors (Lipinski definition) is 2. The molecule has 120 valence electrons. The fourth-order valence-electron chi connectivity index (χ4n) is 2.87. The number of benzene rings is 1. The van der Waals surface area contributed by atoms with Crippen molar-refractivity contribution < 1.29 is 9.59 Å². The van der Waals surface area contributed by atoms with Crippen molar-refractivity contribution in [3.63, 3.8) is 0 Å². The Morgan fingerprint density at radius 3 is 2.91 bits per heavy atom. The van der Waals surface area contributed by atoms with Gasteiger partial charge in [0.1, 0.15) is 0 Å². The van der Waals surface area contributed by atoms with Crippen LogP contribution in [0.5, 0.6) is 0 Å². The molecule has 0 unspecified atom stereocenters. The number of nitrogens with one attached hydrogen (secondary N) is 1. The summed E-state index contributed by atoms with van der Waals surface area (Å²) in [6.45, 7) is 3.75. The second kappa shape index (κ2) is 7.63. The summed E-state index contributed by atoms with van der Waals surface area (Å²) in [6.07, 6.45) is 2.43. The van der Waals surface area contributed by atoms with Crippen molar-refractivity contribution in [3.05, 3.63) is 34.3 Å². The Hall–Kier alpha value is -1.56. The molecule has 1 fully saturated rings. The SMILES string of the molecule is C[C@H]1CCCN(C(=O)C[C@H](NC(N)=O)c2cccc(Br)c2)C1. The van der Waals surface area contributed by atoms with E-state index in [1.165, 1.54) is 6.42 Å². The van der Waals surface area contributed by atoms with Crippen LogP contribution < -0.4 is 11.1 Å². The number of hydrogen-bond donors (Lipinski definition) is 2. The van der Waals surface area contributed by atoms with E-state index < -0.39 is 12.1 Å². The van der Waals surface area contributed by atoms with E-state index in [2.05, 4.69) is 28.2 Å². The number of nitrogens with zero attached hydrogens (tertiary/aromatic N) is 1. The van der Waals surface area contributed by atoms with Crippen molar-refractivity contribution in [2.24, 2.45) is 11.7 Å². The van der Waals surface area contributed by atoms with E-state index in [-0.39, 0.29) is 12.3 Å². The Morgan fingerprint density at radius 2 is 2.27 bits per heavy atom. The van der Waals surface area contributed by atoms with Crippen molar-refractivity contribution >= 4 is 27.9 Å². The summed E-state index contributed by atoms with van der Waals surface area (Å²) in [7, 11) is 0. The zero-order valence-corrected chi connectivity index (χ0v) is 14.3. The highest BCUT2D eigenvalue weighted by Gasteiger charge is 2.25. The summed E-state index contributed by atoms with van der Waals surface area (Å²) >= 11 is 3.41. The van der Waals surface area contributed by atoms with Crippen molar-refractivity contribution in [1.29, 1.82) is 0 Å². The van der Waals surface area contributed by atoms with Gasteiger partial charge in [0, 0.05) is 17.6 Å². The molecule has 0 spiro atoms. The monoisotopic (exact) mass is 367 g/mol. The Balaban J connectivity index is 2.09. The van der Waals surface area contributed by atoms with Gasteiger partial charge in [-0.05, 0) is 36.5 Å². The minimum atomic E-state index is -0.621. The zero-order valence-electron chi connectivity index (χ0n) is 12.7. The number of rotatable bonds is 4. The topological polar surface area (TPSA) is 75.4 Å². The summed E-state index contributed by atoms with van der Waals surface area (Å²) in [6, 6.07) is 6.54. The first kappa shape index (κ1) is 16.8. The summed E-state index contributed by atoms with van der Waals surface area (Å²) < 4.78 is 0.903. The molecule has 1 aromatic carbocycles. The molecule has 0 bridgehead atoms. The molecule has 2 rings (SSSR count). The predicted molar refractivity (Wildman–Crippen MR) is 89.2 cm³/mol. The number of likely N-dealkylation sites (tertiary alicyclic amines) is 1. The molecule has 2 atom stereocenters. The lowest BCUT2D eigenvalue weighted by atomic mass is 9.98. The summed E-state index contributed by atoms with van der Waals surface area (Å²) in [5.41, 5.74) is 6.13. The average Bonchev–Trinajstić information content (AvgIpc) is 2.46. The predicted octanol–water partition coefficient (Wildman–Crippen LogP) is 2.81. The van der Waals surface area contributed by atoms with E-state index in [4.69, 9.17) is 5.73 Å². The molecule has 6 heteroatoms. The van der Waals surface area contributed by atoms with Crippen LogP contribution in [0.15, 0.2) is 28.7 Å². The molecular weight excluding hydrogens is 346 g/mol. The lowest BCUT2D eigenvalue weighted by Gasteiger charge is -2.32. The van der Waals surface area contributed by atoms with Crippen LogP contribution in [0.25, 0.3) is 0 Å². The quantitative estimate of drug-likeness (QED) is 0.858. The van der Waals surface area contributed by atoms with Crippen LogP contribution >= 0.6 is 15.9 Å². The Bertz CT molecular complexity index is 550. The molecule has 0 aliphatic carbocycles. The van der Waals surface area contributed by atoms with Gasteiger partial charge in [-0.1, -0.05) is 35.0 Å². The number of carbonyl (C=O) groups is 2. The number of amides is 3. The van der Waals surface area contributed by atoms with Gasteiger partial charge < -0.3 is 16.0 Å². The lowest BCUT2D eigenvalue weighted by Crippen LogP contribution is -2.42. The number of halogens is 1. The number of urea groups is 1. The maximum atomic E-state index is 12.5. The van der Waals surface area contributed by atoms with E-state index in [1.54, 1.807) is 0 Å². The van der Waals surface area contributed by atoms with Crippen LogP contribution in [0.1, 0.15) is 37.8 Å². The second-order valence-electron chi connectivity index (χ2n) is 5.91. The van der Waals surface area contributed by atoms with Gasteiger partial charge in [-0.15, -0.1) is 0 Å². The van der Waals surface area contributed by atoms with Gasteiger partial charge in [0.2, 0.25) is 5.91 Å². The molecule has 5 nitrogen and oxygen atoms in total. The maximum Gasteiger partial charge on any atom is 0.312 e. The third kappa shape index (κ3) is 4.73. The summed E-state index contributed by atoms with van der Waals surface area (Å²) in [4.78, 5) is 25.7. The number of carbonyl (C=O) groups excluding carboxylic acids is 2. The molecule has 1 aliphatic rings. The molecule has 0 aromatic heterocycles. The fraction of sp³-hybridized carbons (Fsp3) is 0.500. The third-order valence-corrected chi connectivity index (χ3v) is 4.45. The molecule has 0 radical (unpaired) electrons. The van der Waals surface area contributed by atoms with Crippen molar-refractivity contribution in [3.8, 4) is 0 Å². The van der Waals surface area contributed by atoms with Gasteiger partial charge in [-0.2, -0.15) is 0 Å². The second-order valence-corrected chi connectivity index (χ2v) is 6.82. The molecule has 3 N–H and O–H groups in total. The molecule has 22 heavy (non-hydrogen) atoms. The smallest absolute Gasteiger partial charge is 0.312 e. The van der Waals surface area contributed by atoms with Crippen LogP contribution in [0, 0.1) is 5.92 Å². The number of piperidine rings is 1. The summed E-state index contributed by atoms with van der Waals surface area (Å²) in [5, 5.41) is 2.68. The largest absolute Gasteiger partial charge is 0.352 e. The Kier molecular flexibility index (Phi) is 5.83. The van der Waals surface area contributed by atoms with Crippen molar-refractivity contribution in [2.45, 2.75) is 32.2 Å². The van der Waals surface area contributed by atoms with Crippen LogP contribution in [0.2, 0.25) is 0 Å². The van der Waals surface area contributed by atoms with Gasteiger partial charge in [0.05, 0.1) is 12.5 Å². The molecule has 3 amide bonds. The van der Waals surface area contributed by atoms with Gasteiger partial charge in [0.15, 0.2) is 0 Å². The van der Waals surface area contributed by atoms with Crippen molar-refractivity contribution in [1.82, 2.24) is 10.2 Å². The molecule has 1 saturated heterocycles. The molecule has 1 aliphatic heterocycles. The standard InChI is InChI=1S/C16H22BrN3O2/c1-11-4-3-7-20(10-11)15(21)9-14(19-16(18)22)12-5-2-6-13(17)8-12/h2,5-6,8,11,14H,3-4,7,9-10H2,1H3,(H3,18,19,22)/t11-,14-/m0/s1. The number of nitrogens with two attached hydrogens (primary N) is 1. The van der Waals surface area contributed by atoms with E-state index in [0.717, 1.165) is 29.5 Å². The van der Waals surface area contributed by atoms with Crippen LogP contribution in [0.4, 0.5) is 4.79 Å². The van der Waals surface area contributed by atoms with Gasteiger partial charge in [-0.3, -0.25) is 4.79 Å².